The van der Waals surface area contributed by atoms with E-state index in [1.165, 1.54) is 12.7 Å². The van der Waals surface area contributed by atoms with Crippen LogP contribution in [0.5, 0.6) is 5.75 Å². The van der Waals surface area contributed by atoms with Crippen LogP contribution in [-0.2, 0) is 16.1 Å². The summed E-state index contributed by atoms with van der Waals surface area (Å²) in [5.41, 5.74) is 7.13. The first-order valence-corrected chi connectivity index (χ1v) is 13.9. The largest absolute Gasteiger partial charge is 0.479 e. The van der Waals surface area contributed by atoms with Gasteiger partial charge in [-0.2, -0.15) is 0 Å². The number of halogens is 1. The average molecular weight is 561 g/mol. The molecule has 0 spiro atoms. The van der Waals surface area contributed by atoms with Gasteiger partial charge in [0.1, 0.15) is 5.75 Å². The third-order valence-corrected chi connectivity index (χ3v) is 7.88. The van der Waals surface area contributed by atoms with Gasteiger partial charge in [0.2, 0.25) is 0 Å². The molecule has 0 unspecified atom stereocenters. The number of esters is 1. The van der Waals surface area contributed by atoms with Gasteiger partial charge in [0, 0.05) is 33.7 Å². The van der Waals surface area contributed by atoms with Gasteiger partial charge >= 0.3 is 5.97 Å². The molecule has 0 saturated carbocycles. The third-order valence-electron chi connectivity index (χ3n) is 7.53. The van der Waals surface area contributed by atoms with Gasteiger partial charge < -0.3 is 19.4 Å². The highest BCUT2D eigenvalue weighted by Gasteiger charge is 2.18. The van der Waals surface area contributed by atoms with Crippen LogP contribution in [0, 0.1) is 13.8 Å². The van der Waals surface area contributed by atoms with Gasteiger partial charge in [0.25, 0.3) is 5.91 Å². The average Bonchev–Trinajstić information content (AvgIpc) is 3.17. The Kier molecular flexibility index (Phi) is 8.89. The standard InChI is InChI=1S/C33H37ClN2O4/c1-19(2)24-9-8-10-25(15-24)21(4)35-32(37)26-12-14-31-29(16-26)20(3)22(5)36(31)18-27-11-13-28(17-30(27)34)40-23(6)33(38)39-7/h8-17,19,21,23H,18H2,1-7H3,(H,35,37)/t21-,23-/m0/s1. The number of benzene rings is 3. The van der Waals surface area contributed by atoms with E-state index in [1.807, 2.05) is 37.3 Å². The predicted octanol–water partition coefficient (Wildman–Crippen LogP) is 7.51. The SMILES string of the molecule is COC(=O)[C@H](C)Oc1ccc(Cn2c(C)c(C)c3cc(C(=O)N[C@@H](C)c4cccc(C(C)C)c4)ccc32)c(Cl)c1. The molecule has 0 aliphatic rings. The lowest BCUT2D eigenvalue weighted by molar-refractivity contribution is -0.147. The van der Waals surface area contributed by atoms with Crippen molar-refractivity contribution in [3.05, 3.63) is 99.2 Å². The van der Waals surface area contributed by atoms with Gasteiger partial charge in [-0.1, -0.05) is 55.8 Å². The van der Waals surface area contributed by atoms with Gasteiger partial charge in [-0.3, -0.25) is 4.79 Å². The van der Waals surface area contributed by atoms with Crippen molar-refractivity contribution in [3.63, 3.8) is 0 Å². The fourth-order valence-corrected chi connectivity index (χ4v) is 5.09. The Morgan fingerprint density at radius 3 is 2.35 bits per heavy atom. The molecule has 0 radical (unpaired) electrons. The molecule has 0 bridgehead atoms. The number of hydrogen-bond donors (Lipinski definition) is 1. The Morgan fingerprint density at radius 2 is 1.68 bits per heavy atom. The van der Waals surface area contributed by atoms with E-state index in [4.69, 9.17) is 21.1 Å². The van der Waals surface area contributed by atoms with Crippen molar-refractivity contribution >= 4 is 34.4 Å². The first kappa shape index (κ1) is 29.2. The molecule has 7 heteroatoms. The summed E-state index contributed by atoms with van der Waals surface area (Å²) in [5.74, 6) is 0.372. The summed E-state index contributed by atoms with van der Waals surface area (Å²) in [6.07, 6.45) is -0.732. The molecule has 0 aliphatic heterocycles. The van der Waals surface area contributed by atoms with Crippen molar-refractivity contribution in [1.82, 2.24) is 9.88 Å². The number of carbonyl (C=O) groups is 2. The molecule has 1 heterocycles. The third kappa shape index (κ3) is 6.18. The molecule has 4 aromatic rings. The second kappa shape index (κ2) is 12.2. The Labute approximate surface area is 241 Å². The van der Waals surface area contributed by atoms with Crippen molar-refractivity contribution in [3.8, 4) is 5.75 Å². The molecular weight excluding hydrogens is 524 g/mol. The van der Waals surface area contributed by atoms with Crippen molar-refractivity contribution < 1.29 is 19.1 Å². The monoisotopic (exact) mass is 560 g/mol. The first-order valence-electron chi connectivity index (χ1n) is 13.5. The van der Waals surface area contributed by atoms with Crippen LogP contribution in [0.4, 0.5) is 0 Å². The maximum atomic E-state index is 13.2. The molecule has 1 amide bonds. The minimum Gasteiger partial charge on any atom is -0.479 e. The van der Waals surface area contributed by atoms with Crippen molar-refractivity contribution in [2.24, 2.45) is 0 Å². The fraction of sp³-hybridized carbons (Fsp3) is 0.333. The van der Waals surface area contributed by atoms with E-state index < -0.39 is 12.1 Å². The minimum atomic E-state index is -0.732. The summed E-state index contributed by atoms with van der Waals surface area (Å²) in [6.45, 7) is 12.7. The van der Waals surface area contributed by atoms with Gasteiger partial charge in [-0.25, -0.2) is 4.79 Å². The van der Waals surface area contributed by atoms with Crippen LogP contribution in [0.25, 0.3) is 10.9 Å². The van der Waals surface area contributed by atoms with Gasteiger partial charge in [0.05, 0.1) is 13.2 Å². The Balaban J connectivity index is 1.55. The van der Waals surface area contributed by atoms with Gasteiger partial charge in [0.15, 0.2) is 6.10 Å². The number of aromatic nitrogens is 1. The zero-order valence-electron chi connectivity index (χ0n) is 24.2. The molecule has 0 fully saturated rings. The Bertz CT molecular complexity index is 1560. The smallest absolute Gasteiger partial charge is 0.346 e. The summed E-state index contributed by atoms with van der Waals surface area (Å²) in [6, 6.07) is 19.5. The zero-order chi connectivity index (χ0) is 29.1. The van der Waals surface area contributed by atoms with E-state index in [9.17, 15) is 9.59 Å². The lowest BCUT2D eigenvalue weighted by Crippen LogP contribution is -2.26. The molecule has 2 atom stereocenters. The van der Waals surface area contributed by atoms with Crippen LogP contribution in [-0.4, -0.2) is 29.7 Å². The second-order valence-corrected chi connectivity index (χ2v) is 11.0. The normalized spacial score (nSPS) is 12.8. The van der Waals surface area contributed by atoms with Gasteiger partial charge in [-0.15, -0.1) is 0 Å². The van der Waals surface area contributed by atoms with E-state index >= 15 is 0 Å². The first-order chi connectivity index (χ1) is 19.0. The number of nitrogens with zero attached hydrogens (tertiary/aromatic N) is 1. The Hall–Kier alpha value is -3.77. The van der Waals surface area contributed by atoms with Crippen LogP contribution in [0.15, 0.2) is 60.7 Å². The number of ether oxygens (including phenoxy) is 2. The number of methoxy groups -OCH3 is 1. The molecule has 40 heavy (non-hydrogen) atoms. The zero-order valence-corrected chi connectivity index (χ0v) is 24.9. The second-order valence-electron chi connectivity index (χ2n) is 10.6. The molecule has 4 rings (SSSR count). The number of amides is 1. The quantitative estimate of drug-likeness (QED) is 0.215. The van der Waals surface area contributed by atoms with E-state index in [0.29, 0.717) is 28.8 Å². The fourth-order valence-electron chi connectivity index (χ4n) is 4.86. The highest BCUT2D eigenvalue weighted by molar-refractivity contribution is 6.31. The van der Waals surface area contributed by atoms with Crippen molar-refractivity contribution in [1.29, 1.82) is 0 Å². The number of nitrogens with one attached hydrogen (secondary N) is 1. The number of rotatable bonds is 9. The van der Waals surface area contributed by atoms with E-state index in [-0.39, 0.29) is 11.9 Å². The molecule has 210 valence electrons. The number of carbonyl (C=O) groups excluding carboxylic acids is 2. The van der Waals surface area contributed by atoms with Crippen molar-refractivity contribution in [2.75, 3.05) is 7.11 Å². The molecule has 1 aromatic heterocycles. The molecule has 1 N–H and O–H groups in total. The lowest BCUT2D eigenvalue weighted by Gasteiger charge is -2.17. The topological polar surface area (TPSA) is 69.6 Å². The van der Waals surface area contributed by atoms with Crippen LogP contribution >= 0.6 is 11.6 Å². The van der Waals surface area contributed by atoms with Gasteiger partial charge in [-0.05, 0) is 86.2 Å². The summed E-state index contributed by atoms with van der Waals surface area (Å²) in [7, 11) is 1.33. The van der Waals surface area contributed by atoms with Crippen LogP contribution in [0.2, 0.25) is 5.02 Å². The maximum absolute atomic E-state index is 13.2. The molecule has 0 aliphatic carbocycles. The number of fused-ring (bicyclic) bond motifs is 1. The van der Waals surface area contributed by atoms with Crippen LogP contribution in [0.3, 0.4) is 0 Å². The Morgan fingerprint density at radius 1 is 0.950 bits per heavy atom. The summed E-state index contributed by atoms with van der Waals surface area (Å²) >= 11 is 6.62. The number of hydrogen-bond acceptors (Lipinski definition) is 4. The van der Waals surface area contributed by atoms with E-state index in [0.717, 1.165) is 33.3 Å². The van der Waals surface area contributed by atoms with Crippen molar-refractivity contribution in [2.45, 2.75) is 66.2 Å². The van der Waals surface area contributed by atoms with Crippen LogP contribution < -0.4 is 10.1 Å². The summed E-state index contributed by atoms with van der Waals surface area (Å²) < 4.78 is 12.6. The molecular formula is C33H37ClN2O4. The highest BCUT2D eigenvalue weighted by Crippen LogP contribution is 2.30. The molecule has 6 nitrogen and oxygen atoms in total. The van der Waals surface area contributed by atoms with E-state index in [1.54, 1.807) is 19.1 Å². The maximum Gasteiger partial charge on any atom is 0.346 e. The lowest BCUT2D eigenvalue weighted by atomic mass is 9.98. The van der Waals surface area contributed by atoms with E-state index in [2.05, 4.69) is 55.8 Å². The minimum absolute atomic E-state index is 0.103. The summed E-state index contributed by atoms with van der Waals surface area (Å²) in [5, 5.41) is 4.73. The predicted molar refractivity (Wildman–Crippen MR) is 160 cm³/mol. The summed E-state index contributed by atoms with van der Waals surface area (Å²) in [4.78, 5) is 24.9. The molecule has 3 aromatic carbocycles. The highest BCUT2D eigenvalue weighted by atomic mass is 35.5. The molecule has 0 saturated heterocycles. The van der Waals surface area contributed by atoms with Crippen LogP contribution in [0.1, 0.15) is 78.0 Å². The number of aryl methyl sites for hydroxylation is 1.